The number of oxime groups is 1. The van der Waals surface area contributed by atoms with E-state index in [0.29, 0.717) is 17.1 Å². The molecule has 5 nitrogen and oxygen atoms in total. The number of carbonyl (C=O) groups is 1. The quantitative estimate of drug-likeness (QED) is 0.374. The Hall–Kier alpha value is -2.82. The van der Waals surface area contributed by atoms with Gasteiger partial charge in [0.05, 0.1) is 5.56 Å². The average Bonchev–Trinajstić information content (AvgIpc) is 2.48. The van der Waals surface area contributed by atoms with E-state index < -0.39 is 5.97 Å². The van der Waals surface area contributed by atoms with E-state index >= 15 is 0 Å². The van der Waals surface area contributed by atoms with Crippen molar-refractivity contribution in [3.63, 3.8) is 0 Å². The molecule has 0 aromatic heterocycles. The predicted molar refractivity (Wildman–Crippen MR) is 78.3 cm³/mol. The van der Waals surface area contributed by atoms with Crippen molar-refractivity contribution >= 4 is 11.9 Å². The van der Waals surface area contributed by atoms with E-state index in [2.05, 4.69) is 5.16 Å². The number of esters is 1. The number of hydrogen-bond acceptors (Lipinski definition) is 5. The monoisotopic (exact) mass is 285 g/mol. The lowest BCUT2D eigenvalue weighted by atomic mass is 10.2. The first-order chi connectivity index (χ1) is 10.2. The minimum absolute atomic E-state index is 0.0523. The van der Waals surface area contributed by atoms with Gasteiger partial charge in [-0.2, -0.15) is 0 Å². The molecule has 0 atom stereocenters. The summed E-state index contributed by atoms with van der Waals surface area (Å²) in [5, 5.41) is 3.73. The molecule has 0 saturated carbocycles. The highest BCUT2D eigenvalue weighted by Gasteiger charge is 2.15. The Morgan fingerprint density at radius 1 is 1.00 bits per heavy atom. The smallest absolute Gasteiger partial charge is 0.309 e. The molecular weight excluding hydrogens is 270 g/mol. The highest BCUT2D eigenvalue weighted by Crippen LogP contribution is 2.26. The molecule has 0 aliphatic heterocycles. The minimum Gasteiger partial charge on any atom is -0.457 e. The standard InChI is InChI=1S/C16H15NO4/c1-12(18)20-16(17-19-2)14-10-6-7-11-15(14)21-13-8-4-3-5-9-13/h3-11H,1-2H3. The highest BCUT2D eigenvalue weighted by atomic mass is 16.6. The topological polar surface area (TPSA) is 57.1 Å². The van der Waals surface area contributed by atoms with Crippen molar-refractivity contribution < 1.29 is 19.1 Å². The first-order valence-corrected chi connectivity index (χ1v) is 6.32. The van der Waals surface area contributed by atoms with Crippen LogP contribution in [0.3, 0.4) is 0 Å². The van der Waals surface area contributed by atoms with E-state index in [9.17, 15) is 4.79 Å². The summed E-state index contributed by atoms with van der Waals surface area (Å²) < 4.78 is 10.9. The zero-order valence-electron chi connectivity index (χ0n) is 11.8. The SMILES string of the molecule is CON=C(OC(C)=O)c1ccccc1Oc1ccccc1. The number of para-hydroxylation sites is 2. The Kier molecular flexibility index (Phi) is 4.93. The Labute approximate surface area is 122 Å². The van der Waals surface area contributed by atoms with Crippen LogP contribution >= 0.6 is 0 Å². The Morgan fingerprint density at radius 2 is 1.67 bits per heavy atom. The molecule has 0 aliphatic carbocycles. The van der Waals surface area contributed by atoms with Crippen molar-refractivity contribution in [3.05, 3.63) is 60.2 Å². The van der Waals surface area contributed by atoms with Crippen LogP contribution < -0.4 is 4.74 Å². The molecule has 2 rings (SSSR count). The lowest BCUT2D eigenvalue weighted by Gasteiger charge is -2.11. The second kappa shape index (κ2) is 7.09. The number of rotatable bonds is 4. The predicted octanol–water partition coefficient (Wildman–Crippen LogP) is 3.35. The number of ether oxygens (including phenoxy) is 2. The van der Waals surface area contributed by atoms with Crippen LogP contribution in [0.25, 0.3) is 0 Å². The molecule has 5 heteroatoms. The van der Waals surface area contributed by atoms with E-state index in [1.807, 2.05) is 36.4 Å². The molecule has 0 aliphatic rings. The number of nitrogens with zero attached hydrogens (tertiary/aromatic N) is 1. The molecule has 0 N–H and O–H groups in total. The van der Waals surface area contributed by atoms with Crippen molar-refractivity contribution in [1.82, 2.24) is 0 Å². The Morgan fingerprint density at radius 3 is 2.33 bits per heavy atom. The largest absolute Gasteiger partial charge is 0.457 e. The van der Waals surface area contributed by atoms with Gasteiger partial charge in [0.1, 0.15) is 18.6 Å². The van der Waals surface area contributed by atoms with Crippen LogP contribution in [-0.4, -0.2) is 19.0 Å². The van der Waals surface area contributed by atoms with E-state index in [0.717, 1.165) is 0 Å². The third-order valence-corrected chi connectivity index (χ3v) is 2.50. The summed E-state index contributed by atoms with van der Waals surface area (Å²) in [6.45, 7) is 1.30. The first-order valence-electron chi connectivity index (χ1n) is 6.32. The number of hydrogen-bond donors (Lipinski definition) is 0. The summed E-state index contributed by atoms with van der Waals surface area (Å²) in [6.07, 6.45) is 0. The molecule has 0 saturated heterocycles. The highest BCUT2D eigenvalue weighted by molar-refractivity contribution is 6.01. The molecule has 108 valence electrons. The molecule has 0 unspecified atom stereocenters. The average molecular weight is 285 g/mol. The van der Waals surface area contributed by atoms with Crippen LogP contribution in [0.5, 0.6) is 11.5 Å². The van der Waals surface area contributed by atoms with Gasteiger partial charge in [-0.25, -0.2) is 0 Å². The molecule has 0 heterocycles. The lowest BCUT2D eigenvalue weighted by Crippen LogP contribution is -2.12. The van der Waals surface area contributed by atoms with Gasteiger partial charge >= 0.3 is 5.97 Å². The minimum atomic E-state index is -0.486. The van der Waals surface area contributed by atoms with Gasteiger partial charge in [0.25, 0.3) is 5.90 Å². The summed E-state index contributed by atoms with van der Waals surface area (Å²) in [6, 6.07) is 16.4. The van der Waals surface area contributed by atoms with E-state index in [-0.39, 0.29) is 5.90 Å². The first kappa shape index (κ1) is 14.6. The van der Waals surface area contributed by atoms with Gasteiger partial charge in [-0.1, -0.05) is 30.3 Å². The molecule has 21 heavy (non-hydrogen) atoms. The molecule has 0 radical (unpaired) electrons. The zero-order chi connectivity index (χ0) is 15.1. The maximum atomic E-state index is 11.2. The summed E-state index contributed by atoms with van der Waals surface area (Å²) >= 11 is 0. The summed E-state index contributed by atoms with van der Waals surface area (Å²) in [5.74, 6) is 0.752. The fourth-order valence-corrected chi connectivity index (χ4v) is 1.69. The maximum absolute atomic E-state index is 11.2. The molecule has 0 fully saturated rings. The number of carbonyl (C=O) groups excluding carboxylic acids is 1. The van der Waals surface area contributed by atoms with Crippen molar-refractivity contribution in [2.45, 2.75) is 6.92 Å². The molecule has 2 aromatic rings. The lowest BCUT2D eigenvalue weighted by molar-refractivity contribution is -0.133. The molecule has 0 spiro atoms. The Bertz CT molecular complexity index is 638. The molecular formula is C16H15NO4. The van der Waals surface area contributed by atoms with Gasteiger partial charge in [-0.05, 0) is 29.4 Å². The van der Waals surface area contributed by atoms with Crippen LogP contribution in [-0.2, 0) is 14.4 Å². The summed E-state index contributed by atoms with van der Waals surface area (Å²) in [7, 11) is 1.38. The van der Waals surface area contributed by atoms with Crippen molar-refractivity contribution in [3.8, 4) is 11.5 Å². The van der Waals surface area contributed by atoms with Crippen LogP contribution in [0.1, 0.15) is 12.5 Å². The molecule has 0 bridgehead atoms. The second-order valence-corrected chi connectivity index (χ2v) is 4.08. The normalized spacial score (nSPS) is 10.9. The fourth-order valence-electron chi connectivity index (χ4n) is 1.69. The van der Waals surface area contributed by atoms with E-state index in [4.69, 9.17) is 14.3 Å². The molecule has 0 amide bonds. The van der Waals surface area contributed by atoms with Crippen LogP contribution in [0, 0.1) is 0 Å². The van der Waals surface area contributed by atoms with Crippen LogP contribution in [0.4, 0.5) is 0 Å². The van der Waals surface area contributed by atoms with Crippen LogP contribution in [0.2, 0.25) is 0 Å². The van der Waals surface area contributed by atoms with Gasteiger partial charge in [0, 0.05) is 6.92 Å². The van der Waals surface area contributed by atoms with E-state index in [1.54, 1.807) is 18.2 Å². The van der Waals surface area contributed by atoms with Gasteiger partial charge in [-0.3, -0.25) is 4.79 Å². The van der Waals surface area contributed by atoms with Gasteiger partial charge < -0.3 is 14.3 Å². The summed E-state index contributed by atoms with van der Waals surface area (Å²) in [4.78, 5) is 15.9. The fraction of sp³-hybridized carbons (Fsp3) is 0.125. The maximum Gasteiger partial charge on any atom is 0.309 e. The van der Waals surface area contributed by atoms with Crippen molar-refractivity contribution in [2.75, 3.05) is 7.11 Å². The third kappa shape index (κ3) is 4.07. The third-order valence-electron chi connectivity index (χ3n) is 2.50. The number of benzene rings is 2. The van der Waals surface area contributed by atoms with Crippen molar-refractivity contribution in [1.29, 1.82) is 0 Å². The van der Waals surface area contributed by atoms with Gasteiger partial charge in [0.2, 0.25) is 0 Å². The van der Waals surface area contributed by atoms with E-state index in [1.165, 1.54) is 14.0 Å². The second-order valence-electron chi connectivity index (χ2n) is 4.08. The van der Waals surface area contributed by atoms with Crippen LogP contribution in [0.15, 0.2) is 59.8 Å². The Balaban J connectivity index is 2.35. The summed E-state index contributed by atoms with van der Waals surface area (Å²) in [5.41, 5.74) is 0.526. The zero-order valence-corrected chi connectivity index (χ0v) is 11.8. The van der Waals surface area contributed by atoms with Crippen molar-refractivity contribution in [2.24, 2.45) is 5.16 Å². The molecule has 2 aromatic carbocycles. The van der Waals surface area contributed by atoms with Gasteiger partial charge in [0.15, 0.2) is 0 Å². The van der Waals surface area contributed by atoms with Gasteiger partial charge in [-0.15, -0.1) is 0 Å².